The van der Waals surface area contributed by atoms with E-state index in [1.807, 2.05) is 0 Å². The van der Waals surface area contributed by atoms with Gasteiger partial charge in [-0.3, -0.25) is 4.90 Å². The average Bonchev–Trinajstić information content (AvgIpc) is 2.72. The highest BCUT2D eigenvalue weighted by Gasteiger charge is 2.20. The number of fused-ring (bicyclic) bond motifs is 1. The van der Waals surface area contributed by atoms with Crippen LogP contribution in [0.4, 0.5) is 5.69 Å². The fourth-order valence-corrected chi connectivity index (χ4v) is 2.91. The van der Waals surface area contributed by atoms with Crippen molar-refractivity contribution in [2.75, 3.05) is 25.5 Å². The van der Waals surface area contributed by atoms with Crippen LogP contribution in [0.3, 0.4) is 0 Å². The third kappa shape index (κ3) is 2.31. The predicted molar refractivity (Wildman–Crippen MR) is 71.1 cm³/mol. The van der Waals surface area contributed by atoms with Crippen molar-refractivity contribution in [3.05, 3.63) is 29.3 Å². The predicted octanol–water partition coefficient (Wildman–Crippen LogP) is 1.80. The Kier molecular flexibility index (Phi) is 3.04. The van der Waals surface area contributed by atoms with Crippen molar-refractivity contribution in [3.8, 4) is 0 Å². The maximum Gasteiger partial charge on any atom is 0.0391 e. The van der Waals surface area contributed by atoms with Gasteiger partial charge in [-0.05, 0) is 50.2 Å². The minimum Gasteiger partial charge on any atom is -0.382 e. The van der Waals surface area contributed by atoms with Crippen molar-refractivity contribution in [1.82, 2.24) is 10.2 Å². The van der Waals surface area contributed by atoms with E-state index in [2.05, 4.69) is 40.8 Å². The van der Waals surface area contributed by atoms with E-state index >= 15 is 0 Å². The molecule has 3 rings (SSSR count). The molecule has 0 unspecified atom stereocenters. The van der Waals surface area contributed by atoms with Crippen molar-refractivity contribution >= 4 is 5.69 Å². The van der Waals surface area contributed by atoms with E-state index in [1.54, 1.807) is 0 Å². The molecule has 0 spiro atoms. The quantitative estimate of drug-likeness (QED) is 0.812. The number of benzene rings is 1. The van der Waals surface area contributed by atoms with Crippen LogP contribution >= 0.6 is 0 Å². The molecule has 2 N–H and O–H groups in total. The lowest BCUT2D eigenvalue weighted by molar-refractivity contribution is 0.353. The fourth-order valence-electron chi connectivity index (χ4n) is 2.91. The zero-order chi connectivity index (χ0) is 11.7. The van der Waals surface area contributed by atoms with Gasteiger partial charge in [-0.15, -0.1) is 0 Å². The van der Waals surface area contributed by atoms with E-state index in [4.69, 9.17) is 0 Å². The Morgan fingerprint density at radius 1 is 1.24 bits per heavy atom. The second-order valence-electron chi connectivity index (χ2n) is 5.28. The third-order valence-electron chi connectivity index (χ3n) is 3.84. The van der Waals surface area contributed by atoms with Crippen LogP contribution in [0.2, 0.25) is 0 Å². The number of nitrogens with zero attached hydrogens (tertiary/aromatic N) is 1. The molecule has 0 atom stereocenters. The molecule has 3 nitrogen and oxygen atoms in total. The molecule has 2 aliphatic rings. The lowest BCUT2D eigenvalue weighted by Crippen LogP contribution is -2.35. The van der Waals surface area contributed by atoms with E-state index in [9.17, 15) is 0 Å². The summed E-state index contributed by atoms with van der Waals surface area (Å²) in [4.78, 5) is 2.37. The Labute approximate surface area is 103 Å². The van der Waals surface area contributed by atoms with Crippen molar-refractivity contribution < 1.29 is 0 Å². The second-order valence-corrected chi connectivity index (χ2v) is 5.28. The van der Waals surface area contributed by atoms with Crippen molar-refractivity contribution in [2.45, 2.75) is 32.0 Å². The highest BCUT2D eigenvalue weighted by atomic mass is 15.1. The third-order valence-corrected chi connectivity index (χ3v) is 3.84. The van der Waals surface area contributed by atoms with Crippen LogP contribution in [0.15, 0.2) is 18.2 Å². The summed E-state index contributed by atoms with van der Waals surface area (Å²) in [5.41, 5.74) is 4.36. The minimum absolute atomic E-state index is 0.647. The van der Waals surface area contributed by atoms with Crippen molar-refractivity contribution in [2.24, 2.45) is 0 Å². The van der Waals surface area contributed by atoms with E-state index in [0.29, 0.717) is 6.04 Å². The summed E-state index contributed by atoms with van der Waals surface area (Å²) in [6.07, 6.45) is 2.47. The number of hydrogen-bond donors (Lipinski definition) is 2. The van der Waals surface area contributed by atoms with Gasteiger partial charge in [0.15, 0.2) is 0 Å². The molecule has 0 radical (unpaired) electrons. The molecule has 92 valence electrons. The monoisotopic (exact) mass is 231 g/mol. The van der Waals surface area contributed by atoms with Crippen LogP contribution in [-0.2, 0) is 13.1 Å². The van der Waals surface area contributed by atoms with Crippen LogP contribution < -0.4 is 10.6 Å². The first-order valence-electron chi connectivity index (χ1n) is 6.59. The Hall–Kier alpha value is -1.06. The first kappa shape index (κ1) is 11.1. The smallest absolute Gasteiger partial charge is 0.0391 e. The van der Waals surface area contributed by atoms with Gasteiger partial charge in [0.25, 0.3) is 0 Å². The lowest BCUT2D eigenvalue weighted by atomic mass is 10.0. The van der Waals surface area contributed by atoms with E-state index in [0.717, 1.165) is 26.2 Å². The number of rotatable bonds is 2. The standard InChI is InChI=1S/C14H21N3/c1-17-9-11-3-2-4-14(13(11)10-17)16-12-5-7-15-8-6-12/h2-4,12,15-16H,5-10H2,1H3. The van der Waals surface area contributed by atoms with Crippen molar-refractivity contribution in [1.29, 1.82) is 0 Å². The molecule has 1 aromatic rings. The molecule has 0 amide bonds. The Bertz CT molecular complexity index is 396. The molecular formula is C14H21N3. The van der Waals surface area contributed by atoms with Crippen LogP contribution in [0.5, 0.6) is 0 Å². The molecule has 2 aliphatic heterocycles. The number of anilines is 1. The summed E-state index contributed by atoms with van der Waals surface area (Å²) in [5.74, 6) is 0. The highest BCUT2D eigenvalue weighted by molar-refractivity contribution is 5.56. The van der Waals surface area contributed by atoms with E-state index in [1.165, 1.54) is 29.7 Å². The SMILES string of the molecule is CN1Cc2cccc(NC3CCNCC3)c2C1. The molecule has 0 aliphatic carbocycles. The molecule has 0 aromatic heterocycles. The normalized spacial score (nSPS) is 21.5. The topological polar surface area (TPSA) is 27.3 Å². The molecule has 0 bridgehead atoms. The van der Waals surface area contributed by atoms with Gasteiger partial charge >= 0.3 is 0 Å². The van der Waals surface area contributed by atoms with Crippen LogP contribution in [0, 0.1) is 0 Å². The summed E-state index contributed by atoms with van der Waals surface area (Å²) < 4.78 is 0. The summed E-state index contributed by atoms with van der Waals surface area (Å²) in [6.45, 7) is 4.47. The molecule has 1 fully saturated rings. The Morgan fingerprint density at radius 2 is 2.06 bits per heavy atom. The lowest BCUT2D eigenvalue weighted by Gasteiger charge is -2.25. The first-order valence-corrected chi connectivity index (χ1v) is 6.59. The largest absolute Gasteiger partial charge is 0.382 e. The van der Waals surface area contributed by atoms with E-state index < -0.39 is 0 Å². The van der Waals surface area contributed by atoms with Gasteiger partial charge in [-0.1, -0.05) is 12.1 Å². The molecular weight excluding hydrogens is 210 g/mol. The molecule has 1 saturated heterocycles. The van der Waals surface area contributed by atoms with Crippen LogP contribution in [-0.4, -0.2) is 31.1 Å². The Morgan fingerprint density at radius 3 is 2.88 bits per heavy atom. The Balaban J connectivity index is 1.77. The summed E-state index contributed by atoms with van der Waals surface area (Å²) in [5, 5.41) is 7.15. The van der Waals surface area contributed by atoms with Gasteiger partial charge in [0.1, 0.15) is 0 Å². The first-order chi connectivity index (χ1) is 8.33. The van der Waals surface area contributed by atoms with Gasteiger partial charge in [0.05, 0.1) is 0 Å². The minimum atomic E-state index is 0.647. The zero-order valence-corrected chi connectivity index (χ0v) is 10.5. The van der Waals surface area contributed by atoms with Gasteiger partial charge in [-0.2, -0.15) is 0 Å². The van der Waals surface area contributed by atoms with Gasteiger partial charge < -0.3 is 10.6 Å². The molecule has 0 saturated carbocycles. The number of hydrogen-bond acceptors (Lipinski definition) is 3. The molecule has 3 heteroatoms. The number of piperidine rings is 1. The maximum absolute atomic E-state index is 3.74. The molecule has 17 heavy (non-hydrogen) atoms. The molecule has 2 heterocycles. The highest BCUT2D eigenvalue weighted by Crippen LogP contribution is 2.29. The summed E-state index contributed by atoms with van der Waals surface area (Å²) in [6, 6.07) is 7.32. The van der Waals surface area contributed by atoms with Crippen molar-refractivity contribution in [3.63, 3.8) is 0 Å². The second kappa shape index (κ2) is 4.67. The van der Waals surface area contributed by atoms with Gasteiger partial charge in [0.2, 0.25) is 0 Å². The van der Waals surface area contributed by atoms with Crippen LogP contribution in [0.25, 0.3) is 0 Å². The summed E-state index contributed by atoms with van der Waals surface area (Å²) >= 11 is 0. The van der Waals surface area contributed by atoms with Gasteiger partial charge in [0, 0.05) is 24.8 Å². The number of nitrogens with one attached hydrogen (secondary N) is 2. The zero-order valence-electron chi connectivity index (χ0n) is 10.5. The fraction of sp³-hybridized carbons (Fsp3) is 0.571. The van der Waals surface area contributed by atoms with E-state index in [-0.39, 0.29) is 0 Å². The van der Waals surface area contributed by atoms with Crippen LogP contribution in [0.1, 0.15) is 24.0 Å². The average molecular weight is 231 g/mol. The van der Waals surface area contributed by atoms with Gasteiger partial charge in [-0.25, -0.2) is 0 Å². The molecule has 1 aromatic carbocycles. The summed E-state index contributed by atoms with van der Waals surface area (Å²) in [7, 11) is 2.19. The maximum atomic E-state index is 3.74.